The smallest absolute Gasteiger partial charge is 0.227 e. The second kappa shape index (κ2) is 7.68. The molecule has 1 aromatic rings. The summed E-state index contributed by atoms with van der Waals surface area (Å²) in [5, 5.41) is 14.2. The molecule has 0 atom stereocenters. The third-order valence-corrected chi connectivity index (χ3v) is 5.66. The molecule has 0 aromatic carbocycles. The summed E-state index contributed by atoms with van der Waals surface area (Å²) in [4.78, 5) is 14.7. The van der Waals surface area contributed by atoms with E-state index in [1.165, 1.54) is 0 Å². The SMILES string of the molecule is CCC1(CO)CCN(C(=O)Cc2c(C)nn(CC(C)C)c2C)CC1. The topological polar surface area (TPSA) is 58.4 Å². The molecule has 5 heteroatoms. The van der Waals surface area contributed by atoms with Crippen molar-refractivity contribution in [2.75, 3.05) is 19.7 Å². The van der Waals surface area contributed by atoms with Crippen LogP contribution < -0.4 is 0 Å². The summed E-state index contributed by atoms with van der Waals surface area (Å²) in [5.74, 6) is 0.724. The highest BCUT2D eigenvalue weighted by Gasteiger charge is 2.34. The average molecular weight is 335 g/mol. The zero-order valence-corrected chi connectivity index (χ0v) is 15.9. The van der Waals surface area contributed by atoms with Crippen molar-refractivity contribution in [2.24, 2.45) is 11.3 Å². The molecule has 1 aliphatic heterocycles. The molecule has 136 valence electrons. The Bertz CT molecular complexity index is 563. The molecular formula is C19H33N3O2. The maximum absolute atomic E-state index is 12.7. The molecule has 1 N–H and O–H groups in total. The van der Waals surface area contributed by atoms with Crippen LogP contribution in [-0.2, 0) is 17.8 Å². The number of amides is 1. The van der Waals surface area contributed by atoms with Crippen molar-refractivity contribution in [2.45, 2.75) is 66.8 Å². The fraction of sp³-hybridized carbons (Fsp3) is 0.789. The molecule has 1 fully saturated rings. The fourth-order valence-electron chi connectivity index (χ4n) is 3.63. The number of likely N-dealkylation sites (tertiary alicyclic amines) is 1. The predicted octanol–water partition coefficient (Wildman–Crippen LogP) is 2.71. The number of carbonyl (C=O) groups excluding carboxylic acids is 1. The molecule has 0 radical (unpaired) electrons. The second-order valence-electron chi connectivity index (χ2n) is 7.79. The monoisotopic (exact) mass is 335 g/mol. The van der Waals surface area contributed by atoms with Gasteiger partial charge < -0.3 is 10.0 Å². The average Bonchev–Trinajstić information content (AvgIpc) is 2.81. The molecule has 0 aliphatic carbocycles. The number of aromatic nitrogens is 2. The Morgan fingerprint density at radius 3 is 2.42 bits per heavy atom. The number of aliphatic hydroxyl groups is 1. The van der Waals surface area contributed by atoms with E-state index >= 15 is 0 Å². The minimum atomic E-state index is 0.0186. The molecule has 0 saturated carbocycles. The zero-order valence-electron chi connectivity index (χ0n) is 15.9. The molecule has 24 heavy (non-hydrogen) atoms. The van der Waals surface area contributed by atoms with E-state index in [1.807, 2.05) is 16.5 Å². The highest BCUT2D eigenvalue weighted by Crippen LogP contribution is 2.34. The first kappa shape index (κ1) is 19.0. The molecule has 1 aliphatic rings. The highest BCUT2D eigenvalue weighted by molar-refractivity contribution is 5.79. The molecule has 0 unspecified atom stereocenters. The van der Waals surface area contributed by atoms with Crippen LogP contribution in [-0.4, -0.2) is 45.4 Å². The maximum atomic E-state index is 12.7. The van der Waals surface area contributed by atoms with Gasteiger partial charge >= 0.3 is 0 Å². The largest absolute Gasteiger partial charge is 0.396 e. The Morgan fingerprint density at radius 1 is 1.29 bits per heavy atom. The lowest BCUT2D eigenvalue weighted by Gasteiger charge is -2.40. The molecular weight excluding hydrogens is 302 g/mol. The van der Waals surface area contributed by atoms with Crippen LogP contribution in [0, 0.1) is 25.2 Å². The van der Waals surface area contributed by atoms with Crippen molar-refractivity contribution in [3.8, 4) is 0 Å². The quantitative estimate of drug-likeness (QED) is 0.869. The molecule has 0 bridgehead atoms. The normalized spacial score (nSPS) is 17.5. The first-order valence-corrected chi connectivity index (χ1v) is 9.23. The van der Waals surface area contributed by atoms with E-state index in [4.69, 9.17) is 0 Å². The van der Waals surface area contributed by atoms with Crippen molar-refractivity contribution < 1.29 is 9.90 Å². The fourth-order valence-corrected chi connectivity index (χ4v) is 3.63. The van der Waals surface area contributed by atoms with Crippen molar-refractivity contribution in [1.29, 1.82) is 0 Å². The number of aryl methyl sites for hydroxylation is 1. The summed E-state index contributed by atoms with van der Waals surface area (Å²) in [5.41, 5.74) is 3.18. The Kier molecular flexibility index (Phi) is 6.07. The second-order valence-corrected chi connectivity index (χ2v) is 7.79. The van der Waals surface area contributed by atoms with Crippen molar-refractivity contribution >= 4 is 5.91 Å². The van der Waals surface area contributed by atoms with Gasteiger partial charge in [0, 0.05) is 37.5 Å². The van der Waals surface area contributed by atoms with Gasteiger partial charge in [0.1, 0.15) is 0 Å². The van der Waals surface area contributed by atoms with Crippen molar-refractivity contribution in [3.05, 3.63) is 17.0 Å². The van der Waals surface area contributed by atoms with E-state index in [1.54, 1.807) is 0 Å². The van der Waals surface area contributed by atoms with Crippen molar-refractivity contribution in [1.82, 2.24) is 14.7 Å². The predicted molar refractivity (Wildman–Crippen MR) is 95.9 cm³/mol. The minimum absolute atomic E-state index is 0.0186. The molecule has 0 spiro atoms. The zero-order chi connectivity index (χ0) is 17.9. The van der Waals surface area contributed by atoms with Crippen LogP contribution in [0.5, 0.6) is 0 Å². The van der Waals surface area contributed by atoms with E-state index in [0.717, 1.165) is 55.8 Å². The number of hydrogen-bond donors (Lipinski definition) is 1. The van der Waals surface area contributed by atoms with Gasteiger partial charge in [-0.2, -0.15) is 5.10 Å². The Morgan fingerprint density at radius 2 is 1.92 bits per heavy atom. The third kappa shape index (κ3) is 4.00. The number of nitrogens with zero attached hydrogens (tertiary/aromatic N) is 3. The Balaban J connectivity index is 2.02. The third-order valence-electron chi connectivity index (χ3n) is 5.66. The summed E-state index contributed by atoms with van der Waals surface area (Å²) in [6, 6.07) is 0. The van der Waals surface area contributed by atoms with Crippen LogP contribution in [0.2, 0.25) is 0 Å². The molecule has 1 amide bonds. The van der Waals surface area contributed by atoms with Gasteiger partial charge in [-0.1, -0.05) is 20.8 Å². The molecule has 2 heterocycles. The van der Waals surface area contributed by atoms with E-state index in [0.29, 0.717) is 12.3 Å². The maximum Gasteiger partial charge on any atom is 0.227 e. The van der Waals surface area contributed by atoms with Crippen LogP contribution in [0.1, 0.15) is 57.0 Å². The van der Waals surface area contributed by atoms with E-state index in [9.17, 15) is 9.90 Å². The van der Waals surface area contributed by atoms with Gasteiger partial charge in [0.15, 0.2) is 0 Å². The van der Waals surface area contributed by atoms with Crippen LogP contribution >= 0.6 is 0 Å². The van der Waals surface area contributed by atoms with Gasteiger partial charge in [0.05, 0.1) is 12.1 Å². The lowest BCUT2D eigenvalue weighted by Crippen LogP contribution is -2.45. The van der Waals surface area contributed by atoms with Gasteiger partial charge in [-0.25, -0.2) is 0 Å². The van der Waals surface area contributed by atoms with Gasteiger partial charge in [0.2, 0.25) is 5.91 Å². The van der Waals surface area contributed by atoms with E-state index in [2.05, 4.69) is 32.8 Å². The van der Waals surface area contributed by atoms with Crippen LogP contribution in [0.15, 0.2) is 0 Å². The van der Waals surface area contributed by atoms with Gasteiger partial charge in [0.25, 0.3) is 0 Å². The standard InChI is InChI=1S/C19H33N3O2/c1-6-19(13-23)7-9-21(10-8-19)18(24)11-17-15(4)20-22(16(17)5)12-14(2)3/h14,23H,6-13H2,1-5H3. The Labute approximate surface area is 146 Å². The Hall–Kier alpha value is -1.36. The summed E-state index contributed by atoms with van der Waals surface area (Å²) in [6.45, 7) is 13.2. The lowest BCUT2D eigenvalue weighted by atomic mass is 9.77. The molecule has 1 aromatic heterocycles. The molecule has 2 rings (SSSR count). The summed E-state index contributed by atoms with van der Waals surface area (Å²) < 4.78 is 2.03. The van der Waals surface area contributed by atoms with Crippen LogP contribution in [0.3, 0.4) is 0 Å². The number of piperidine rings is 1. The first-order chi connectivity index (χ1) is 11.3. The summed E-state index contributed by atoms with van der Waals surface area (Å²) in [7, 11) is 0. The number of rotatable bonds is 6. The minimum Gasteiger partial charge on any atom is -0.396 e. The number of hydrogen-bond acceptors (Lipinski definition) is 3. The van der Waals surface area contributed by atoms with Crippen molar-refractivity contribution in [3.63, 3.8) is 0 Å². The number of carbonyl (C=O) groups is 1. The highest BCUT2D eigenvalue weighted by atomic mass is 16.3. The van der Waals surface area contributed by atoms with Gasteiger partial charge in [-0.05, 0) is 44.4 Å². The van der Waals surface area contributed by atoms with Gasteiger partial charge in [-0.15, -0.1) is 0 Å². The van der Waals surface area contributed by atoms with Gasteiger partial charge in [-0.3, -0.25) is 9.48 Å². The van der Waals surface area contributed by atoms with Crippen LogP contribution in [0.4, 0.5) is 0 Å². The number of aliphatic hydroxyl groups excluding tert-OH is 1. The summed E-state index contributed by atoms with van der Waals surface area (Å²) >= 11 is 0. The van der Waals surface area contributed by atoms with E-state index < -0.39 is 0 Å². The lowest BCUT2D eigenvalue weighted by molar-refractivity contribution is -0.133. The van der Waals surface area contributed by atoms with E-state index in [-0.39, 0.29) is 17.9 Å². The first-order valence-electron chi connectivity index (χ1n) is 9.23. The van der Waals surface area contributed by atoms with Crippen LogP contribution in [0.25, 0.3) is 0 Å². The molecule has 1 saturated heterocycles. The summed E-state index contributed by atoms with van der Waals surface area (Å²) in [6.07, 6.45) is 3.21. The molecule has 5 nitrogen and oxygen atoms in total.